The van der Waals surface area contributed by atoms with Gasteiger partial charge in [-0.1, -0.05) is 26.2 Å². The van der Waals surface area contributed by atoms with Gasteiger partial charge in [-0.25, -0.2) is 0 Å². The van der Waals surface area contributed by atoms with E-state index in [-0.39, 0.29) is 12.8 Å². The second kappa shape index (κ2) is 8.74. The van der Waals surface area contributed by atoms with E-state index >= 15 is 0 Å². The normalized spacial score (nSPS) is 15.9. The highest BCUT2D eigenvalue weighted by Gasteiger charge is 2.90. The summed E-state index contributed by atoms with van der Waals surface area (Å²) in [6.45, 7) is 1.77. The Kier molecular flexibility index (Phi) is 8.60. The van der Waals surface area contributed by atoms with Crippen LogP contribution in [0.15, 0.2) is 9.66 Å². The quantitative estimate of drug-likeness (QED) is 0.145. The monoisotopic (exact) mass is 556 g/mol. The van der Waals surface area contributed by atoms with Crippen LogP contribution in [0.3, 0.4) is 0 Å². The minimum atomic E-state index is -7.86. The molecule has 0 fully saturated rings. The molecule has 28 heavy (non-hydrogen) atoms. The van der Waals surface area contributed by atoms with Crippen molar-refractivity contribution in [1.29, 1.82) is 0 Å². The molecule has 0 saturated heterocycles. The molecule has 0 aliphatic carbocycles. The average Bonchev–Trinajstić information content (AvgIpc) is 2.49. The Labute approximate surface area is 164 Å². The molecule has 0 amide bonds. The van der Waals surface area contributed by atoms with E-state index in [4.69, 9.17) is 0 Å². The highest BCUT2D eigenvalue weighted by atomic mass is 127. The number of rotatable bonds is 10. The summed E-state index contributed by atoms with van der Waals surface area (Å²) in [5.74, 6) is -36.7. The van der Waals surface area contributed by atoms with Crippen LogP contribution in [0.4, 0.5) is 57.1 Å². The first kappa shape index (κ1) is 27.6. The van der Waals surface area contributed by atoms with Gasteiger partial charge in [-0.15, -0.1) is 0 Å². The number of halogens is 14. The summed E-state index contributed by atoms with van der Waals surface area (Å²) in [5.41, 5.74) is 0. The van der Waals surface area contributed by atoms with E-state index in [0.717, 1.165) is 22.6 Å². The second-order valence-electron chi connectivity index (χ2n) is 5.82. The van der Waals surface area contributed by atoms with Crippen molar-refractivity contribution in [2.24, 2.45) is 0 Å². The molecule has 0 aromatic carbocycles. The van der Waals surface area contributed by atoms with Gasteiger partial charge in [0, 0.05) is 6.08 Å². The van der Waals surface area contributed by atoms with E-state index in [9.17, 15) is 57.1 Å². The van der Waals surface area contributed by atoms with Gasteiger partial charge >= 0.3 is 35.8 Å². The maximum atomic E-state index is 13.6. The lowest BCUT2D eigenvalue weighted by molar-refractivity contribution is -0.436. The SMILES string of the molecule is CCCCCCC(I)=CC(F)(F)C(F)(F)C(F)(F)C(F)(F)C(F)(F)C(F)(F)F. The Hall–Kier alpha value is -0.440. The molecular weight excluding hydrogens is 542 g/mol. The molecule has 0 unspecified atom stereocenters. The van der Waals surface area contributed by atoms with Crippen molar-refractivity contribution >= 4 is 22.6 Å². The smallest absolute Gasteiger partial charge is 0.195 e. The number of hydrogen-bond acceptors (Lipinski definition) is 0. The summed E-state index contributed by atoms with van der Waals surface area (Å²) in [5, 5.41) is 0. The zero-order valence-electron chi connectivity index (χ0n) is 13.9. The first-order chi connectivity index (χ1) is 12.2. The van der Waals surface area contributed by atoms with Gasteiger partial charge in [0.05, 0.1) is 0 Å². The molecule has 168 valence electrons. The number of hydrogen-bond donors (Lipinski definition) is 0. The van der Waals surface area contributed by atoms with E-state index in [1.807, 2.05) is 0 Å². The van der Waals surface area contributed by atoms with Crippen LogP contribution in [0, 0.1) is 0 Å². The van der Waals surface area contributed by atoms with Gasteiger partial charge in [-0.3, -0.25) is 0 Å². The maximum absolute atomic E-state index is 13.6. The average molecular weight is 556 g/mol. The minimum Gasteiger partial charge on any atom is -0.195 e. The van der Waals surface area contributed by atoms with Crippen molar-refractivity contribution in [1.82, 2.24) is 0 Å². The molecule has 0 aliphatic rings. The minimum absolute atomic E-state index is 0.142. The van der Waals surface area contributed by atoms with E-state index in [0.29, 0.717) is 19.3 Å². The summed E-state index contributed by atoms with van der Waals surface area (Å²) in [6, 6.07) is 0. The summed E-state index contributed by atoms with van der Waals surface area (Å²) < 4.78 is 167. The fraction of sp³-hybridized carbons (Fsp3) is 0.857. The van der Waals surface area contributed by atoms with Crippen LogP contribution in [0.5, 0.6) is 0 Å². The number of unbranched alkanes of at least 4 members (excludes halogenated alkanes) is 3. The Bertz CT molecular complexity index is 548. The Morgan fingerprint density at radius 1 is 0.643 bits per heavy atom. The molecule has 0 heterocycles. The zero-order chi connectivity index (χ0) is 22.8. The molecule has 0 aromatic rings. The number of allylic oxidation sites excluding steroid dienone is 2. The molecule has 0 aromatic heterocycles. The first-order valence-corrected chi connectivity index (χ1v) is 8.61. The van der Waals surface area contributed by atoms with Gasteiger partial charge < -0.3 is 0 Å². The van der Waals surface area contributed by atoms with Gasteiger partial charge in [0.25, 0.3) is 0 Å². The molecule has 0 spiro atoms. The van der Waals surface area contributed by atoms with Crippen molar-refractivity contribution < 1.29 is 57.1 Å². The Morgan fingerprint density at radius 2 is 1.07 bits per heavy atom. The maximum Gasteiger partial charge on any atom is 0.460 e. The summed E-state index contributed by atoms with van der Waals surface area (Å²) in [4.78, 5) is 0. The molecule has 0 radical (unpaired) electrons. The highest BCUT2D eigenvalue weighted by molar-refractivity contribution is 14.1. The predicted molar refractivity (Wildman–Crippen MR) is 81.7 cm³/mol. The van der Waals surface area contributed by atoms with Crippen LogP contribution in [0.2, 0.25) is 0 Å². The van der Waals surface area contributed by atoms with Crippen LogP contribution in [0.25, 0.3) is 0 Å². The summed E-state index contributed by atoms with van der Waals surface area (Å²) in [7, 11) is 0. The molecule has 0 bridgehead atoms. The van der Waals surface area contributed by atoms with Crippen molar-refractivity contribution in [2.75, 3.05) is 0 Å². The van der Waals surface area contributed by atoms with Gasteiger partial charge in [-0.2, -0.15) is 57.1 Å². The van der Waals surface area contributed by atoms with Crippen molar-refractivity contribution in [3.8, 4) is 0 Å². The highest BCUT2D eigenvalue weighted by Crippen LogP contribution is 2.60. The van der Waals surface area contributed by atoms with E-state index in [1.165, 1.54) is 0 Å². The van der Waals surface area contributed by atoms with Crippen LogP contribution in [-0.2, 0) is 0 Å². The van der Waals surface area contributed by atoms with E-state index < -0.39 is 45.4 Å². The fourth-order valence-corrected chi connectivity index (χ4v) is 2.63. The lowest BCUT2D eigenvalue weighted by atomic mass is 9.93. The van der Waals surface area contributed by atoms with E-state index in [2.05, 4.69) is 0 Å². The molecule has 0 aliphatic heterocycles. The largest absolute Gasteiger partial charge is 0.460 e. The standard InChI is InChI=1S/C14H14F13I/c1-2-3-4-5-6-8(28)7-9(15,16)10(17,18)11(19,20)12(21,22)13(23,24)14(25,26)27/h7H,2-6H2,1H3. The third-order valence-electron chi connectivity index (χ3n) is 3.56. The molecule has 0 atom stereocenters. The second-order valence-corrected chi connectivity index (χ2v) is 7.21. The van der Waals surface area contributed by atoms with Crippen LogP contribution in [0.1, 0.15) is 39.0 Å². The van der Waals surface area contributed by atoms with Gasteiger partial charge in [0.1, 0.15) is 0 Å². The van der Waals surface area contributed by atoms with Gasteiger partial charge in [-0.05, 0) is 39.0 Å². The Morgan fingerprint density at radius 3 is 1.46 bits per heavy atom. The van der Waals surface area contributed by atoms with Gasteiger partial charge in [0.2, 0.25) is 0 Å². The molecule has 0 rings (SSSR count). The summed E-state index contributed by atoms with van der Waals surface area (Å²) >= 11 is 1.02. The first-order valence-electron chi connectivity index (χ1n) is 7.53. The molecule has 0 saturated carbocycles. The fourth-order valence-electron chi connectivity index (χ4n) is 1.86. The molecule has 0 nitrogen and oxygen atoms in total. The van der Waals surface area contributed by atoms with Crippen LogP contribution < -0.4 is 0 Å². The van der Waals surface area contributed by atoms with Crippen LogP contribution in [-0.4, -0.2) is 35.8 Å². The third-order valence-corrected chi connectivity index (χ3v) is 4.42. The van der Waals surface area contributed by atoms with Crippen molar-refractivity contribution in [2.45, 2.75) is 74.8 Å². The van der Waals surface area contributed by atoms with Crippen molar-refractivity contribution in [3.05, 3.63) is 9.66 Å². The lowest BCUT2D eigenvalue weighted by Gasteiger charge is -2.39. The molecule has 0 N–H and O–H groups in total. The zero-order valence-corrected chi connectivity index (χ0v) is 16.1. The van der Waals surface area contributed by atoms with Crippen molar-refractivity contribution in [3.63, 3.8) is 0 Å². The van der Waals surface area contributed by atoms with Gasteiger partial charge in [0.15, 0.2) is 0 Å². The summed E-state index contributed by atoms with van der Waals surface area (Å²) in [6.07, 6.45) is -6.68. The number of alkyl halides is 13. The third kappa shape index (κ3) is 4.99. The van der Waals surface area contributed by atoms with Crippen LogP contribution >= 0.6 is 22.6 Å². The predicted octanol–water partition coefficient (Wildman–Crippen LogP) is 8.01. The Balaban J connectivity index is 5.92. The lowest BCUT2D eigenvalue weighted by Crippen LogP contribution is -2.69. The molecular formula is C14H14F13I. The van der Waals surface area contributed by atoms with E-state index in [1.54, 1.807) is 6.92 Å². The topological polar surface area (TPSA) is 0 Å². The molecule has 14 heteroatoms.